The van der Waals surface area contributed by atoms with Crippen LogP contribution < -0.4 is 0 Å². The van der Waals surface area contributed by atoms with Crippen LogP contribution in [-0.2, 0) is 9.63 Å². The molecule has 0 N–H and O–H groups in total. The second kappa shape index (κ2) is 6.85. The summed E-state index contributed by atoms with van der Waals surface area (Å²) in [5.74, 6) is -0.262. The van der Waals surface area contributed by atoms with Crippen LogP contribution in [0.5, 0.6) is 0 Å². The molecule has 1 saturated heterocycles. The van der Waals surface area contributed by atoms with E-state index in [0.29, 0.717) is 5.71 Å². The van der Waals surface area contributed by atoms with Crippen molar-refractivity contribution in [2.45, 2.75) is 45.6 Å². The number of benzene rings is 1. The third-order valence-electron chi connectivity index (χ3n) is 4.39. The van der Waals surface area contributed by atoms with E-state index in [-0.39, 0.29) is 5.97 Å². The zero-order chi connectivity index (χ0) is 15.3. The van der Waals surface area contributed by atoms with Crippen LogP contribution in [0.25, 0.3) is 0 Å². The molecule has 0 spiro atoms. The smallest absolute Gasteiger partial charge is 0.316 e. The lowest BCUT2D eigenvalue weighted by Gasteiger charge is -2.34. The van der Waals surface area contributed by atoms with Crippen molar-refractivity contribution in [2.75, 3.05) is 13.1 Å². The number of oxime groups is 1. The highest BCUT2D eigenvalue weighted by atomic mass is 16.7. The van der Waals surface area contributed by atoms with Gasteiger partial charge in [-0.15, -0.1) is 0 Å². The molecular formula is C17H24N2O2. The average molecular weight is 288 g/mol. The maximum Gasteiger partial charge on any atom is 0.354 e. The van der Waals surface area contributed by atoms with Crippen LogP contribution in [0.3, 0.4) is 0 Å². The molecule has 0 aromatic heterocycles. The van der Waals surface area contributed by atoms with Crippen molar-refractivity contribution in [3.63, 3.8) is 0 Å². The minimum Gasteiger partial charge on any atom is -0.316 e. The van der Waals surface area contributed by atoms with Crippen LogP contribution in [0, 0.1) is 0 Å². The van der Waals surface area contributed by atoms with Crippen LogP contribution in [0.1, 0.15) is 45.6 Å². The van der Waals surface area contributed by atoms with E-state index in [2.05, 4.69) is 10.1 Å². The minimum atomic E-state index is -0.572. The molecule has 1 unspecified atom stereocenters. The Morgan fingerprint density at radius 3 is 2.48 bits per heavy atom. The van der Waals surface area contributed by atoms with Crippen LogP contribution >= 0.6 is 0 Å². The first-order valence-corrected chi connectivity index (χ1v) is 7.64. The maximum absolute atomic E-state index is 12.4. The number of hydrogen-bond donors (Lipinski definition) is 0. The Hall–Kier alpha value is -1.68. The Balaban J connectivity index is 2.06. The number of carbonyl (C=O) groups is 1. The third kappa shape index (κ3) is 3.50. The second-order valence-electron chi connectivity index (χ2n) is 5.74. The first-order valence-electron chi connectivity index (χ1n) is 7.64. The molecule has 1 fully saturated rings. The van der Waals surface area contributed by atoms with Crippen molar-refractivity contribution in [3.05, 3.63) is 35.9 Å². The fourth-order valence-corrected chi connectivity index (χ4v) is 2.65. The van der Waals surface area contributed by atoms with Gasteiger partial charge in [0.15, 0.2) is 0 Å². The van der Waals surface area contributed by atoms with Crippen molar-refractivity contribution in [3.8, 4) is 0 Å². The lowest BCUT2D eigenvalue weighted by molar-refractivity contribution is -0.157. The van der Waals surface area contributed by atoms with Crippen molar-refractivity contribution in [1.29, 1.82) is 0 Å². The van der Waals surface area contributed by atoms with Crippen LogP contribution in [-0.4, -0.2) is 35.2 Å². The molecule has 21 heavy (non-hydrogen) atoms. The van der Waals surface area contributed by atoms with Gasteiger partial charge < -0.3 is 4.84 Å². The third-order valence-corrected chi connectivity index (χ3v) is 4.39. The molecule has 0 amide bonds. The molecular weight excluding hydrogens is 264 g/mol. The summed E-state index contributed by atoms with van der Waals surface area (Å²) in [6.07, 6.45) is 3.02. The normalized spacial score (nSPS) is 19.3. The zero-order valence-electron chi connectivity index (χ0n) is 13.1. The predicted molar refractivity (Wildman–Crippen MR) is 84.2 cm³/mol. The number of hydrogen-bond acceptors (Lipinski definition) is 4. The van der Waals surface area contributed by atoms with Crippen LogP contribution in [0.2, 0.25) is 0 Å². The summed E-state index contributed by atoms with van der Waals surface area (Å²) in [6, 6.07) is 9.73. The van der Waals surface area contributed by atoms with E-state index in [0.717, 1.165) is 37.9 Å². The van der Waals surface area contributed by atoms with Gasteiger partial charge in [0.05, 0.1) is 5.71 Å². The van der Waals surface area contributed by atoms with E-state index in [1.807, 2.05) is 51.1 Å². The molecule has 0 saturated carbocycles. The largest absolute Gasteiger partial charge is 0.354 e. The standard InChI is InChI=1S/C17H24N2O2/c1-4-17(3,19-12-8-9-13-19)16(20)21-18-14(2)15-10-6-5-7-11-15/h5-7,10-11H,4,8-9,12-13H2,1-3H3/b18-14+. The monoisotopic (exact) mass is 288 g/mol. The molecule has 4 nitrogen and oxygen atoms in total. The van der Waals surface area contributed by atoms with Gasteiger partial charge in [0, 0.05) is 0 Å². The molecule has 2 rings (SSSR count). The van der Waals surface area contributed by atoms with Crippen molar-refractivity contribution in [2.24, 2.45) is 5.16 Å². The predicted octanol–water partition coefficient (Wildman–Crippen LogP) is 3.22. The van der Waals surface area contributed by atoms with Gasteiger partial charge in [-0.25, -0.2) is 4.79 Å². The van der Waals surface area contributed by atoms with Gasteiger partial charge in [-0.3, -0.25) is 4.90 Å². The molecule has 1 atom stereocenters. The summed E-state index contributed by atoms with van der Waals surface area (Å²) in [6.45, 7) is 7.74. The summed E-state index contributed by atoms with van der Waals surface area (Å²) in [4.78, 5) is 19.9. The van der Waals surface area contributed by atoms with E-state index >= 15 is 0 Å². The summed E-state index contributed by atoms with van der Waals surface area (Å²) in [5.41, 5.74) is 1.10. The summed E-state index contributed by atoms with van der Waals surface area (Å²) < 4.78 is 0. The average Bonchev–Trinajstić information content (AvgIpc) is 3.07. The molecule has 1 aromatic rings. The molecule has 4 heteroatoms. The fraction of sp³-hybridized carbons (Fsp3) is 0.529. The van der Waals surface area contributed by atoms with E-state index in [4.69, 9.17) is 4.84 Å². The van der Waals surface area contributed by atoms with Crippen molar-refractivity contribution >= 4 is 11.7 Å². The molecule has 0 radical (unpaired) electrons. The van der Waals surface area contributed by atoms with E-state index in [9.17, 15) is 4.79 Å². The number of carbonyl (C=O) groups excluding carboxylic acids is 1. The maximum atomic E-state index is 12.4. The van der Waals surface area contributed by atoms with Gasteiger partial charge in [0.2, 0.25) is 0 Å². The Bertz CT molecular complexity index is 507. The Morgan fingerprint density at radius 2 is 1.90 bits per heavy atom. The highest BCUT2D eigenvalue weighted by Crippen LogP contribution is 2.26. The number of rotatable bonds is 5. The van der Waals surface area contributed by atoms with Gasteiger partial charge in [-0.05, 0) is 51.8 Å². The SMILES string of the molecule is CCC(C)(C(=O)O/N=C(\C)c1ccccc1)N1CCCC1. The topological polar surface area (TPSA) is 41.9 Å². The second-order valence-corrected chi connectivity index (χ2v) is 5.74. The van der Waals surface area contributed by atoms with E-state index in [1.165, 1.54) is 0 Å². The first kappa shape index (κ1) is 15.7. The molecule has 1 aromatic carbocycles. The van der Waals surface area contributed by atoms with Gasteiger partial charge in [0.1, 0.15) is 5.54 Å². The Morgan fingerprint density at radius 1 is 1.29 bits per heavy atom. The summed E-state index contributed by atoms with van der Waals surface area (Å²) in [5, 5.41) is 4.02. The summed E-state index contributed by atoms with van der Waals surface area (Å²) >= 11 is 0. The molecule has 0 bridgehead atoms. The van der Waals surface area contributed by atoms with E-state index < -0.39 is 5.54 Å². The highest BCUT2D eigenvalue weighted by Gasteiger charge is 2.41. The lowest BCUT2D eigenvalue weighted by atomic mass is 9.97. The van der Waals surface area contributed by atoms with Gasteiger partial charge in [-0.1, -0.05) is 42.4 Å². The Labute approximate surface area is 126 Å². The molecule has 1 aliphatic heterocycles. The lowest BCUT2D eigenvalue weighted by Crippen LogP contribution is -2.51. The highest BCUT2D eigenvalue weighted by molar-refractivity contribution is 5.98. The molecule has 0 aliphatic carbocycles. The number of nitrogens with zero attached hydrogens (tertiary/aromatic N) is 2. The van der Waals surface area contributed by atoms with Gasteiger partial charge in [0.25, 0.3) is 0 Å². The fourth-order valence-electron chi connectivity index (χ4n) is 2.65. The van der Waals surface area contributed by atoms with Crippen LogP contribution in [0.15, 0.2) is 35.5 Å². The zero-order valence-corrected chi connectivity index (χ0v) is 13.1. The molecule has 1 heterocycles. The molecule has 1 aliphatic rings. The quantitative estimate of drug-likeness (QED) is 0.474. The molecule has 114 valence electrons. The van der Waals surface area contributed by atoms with E-state index in [1.54, 1.807) is 0 Å². The van der Waals surface area contributed by atoms with Crippen molar-refractivity contribution < 1.29 is 9.63 Å². The number of likely N-dealkylation sites (tertiary alicyclic amines) is 1. The first-order chi connectivity index (χ1) is 10.1. The van der Waals surface area contributed by atoms with Gasteiger partial charge >= 0.3 is 5.97 Å². The van der Waals surface area contributed by atoms with Crippen molar-refractivity contribution in [1.82, 2.24) is 4.90 Å². The minimum absolute atomic E-state index is 0.262. The Kier molecular flexibility index (Phi) is 5.12. The summed E-state index contributed by atoms with van der Waals surface area (Å²) in [7, 11) is 0. The van der Waals surface area contributed by atoms with Crippen LogP contribution in [0.4, 0.5) is 0 Å². The van der Waals surface area contributed by atoms with Gasteiger partial charge in [-0.2, -0.15) is 0 Å².